The Hall–Kier alpha value is -2.14. The molecule has 34 heavy (non-hydrogen) atoms. The lowest BCUT2D eigenvalue weighted by molar-refractivity contribution is -0.161. The maximum Gasteiger partial charge on any atom is 0.306 e. The lowest BCUT2D eigenvalue weighted by atomic mass is 10.1. The first-order chi connectivity index (χ1) is 16.6. The number of hydrogen-bond donors (Lipinski definition) is 1. The number of esters is 2. The van der Waals surface area contributed by atoms with E-state index in [-0.39, 0.29) is 25.2 Å². The lowest BCUT2D eigenvalue weighted by Crippen LogP contribution is -2.28. The molecule has 0 aliphatic carbocycles. The van der Waals surface area contributed by atoms with Gasteiger partial charge in [0.25, 0.3) is 0 Å². The molecular weight excluding hydrogens is 428 g/mol. The topological polar surface area (TPSA) is 72.8 Å². The first kappa shape index (κ1) is 31.9. The molecule has 5 heteroatoms. The number of carbonyl (C=O) groups is 2. The molecule has 0 aliphatic rings. The molecule has 0 saturated heterocycles. The number of rotatable bonds is 22. The molecule has 0 aliphatic heterocycles. The van der Waals surface area contributed by atoms with Crippen molar-refractivity contribution < 1.29 is 24.2 Å². The minimum Gasteiger partial charge on any atom is -0.462 e. The molecular formula is C29H48O5. The molecule has 0 heterocycles. The van der Waals surface area contributed by atoms with E-state index in [1.54, 1.807) is 0 Å². The third-order valence-corrected chi connectivity index (χ3v) is 5.11. The molecule has 1 unspecified atom stereocenters. The van der Waals surface area contributed by atoms with E-state index in [0.717, 1.165) is 51.4 Å². The van der Waals surface area contributed by atoms with Gasteiger partial charge in [0.1, 0.15) is 6.61 Å². The van der Waals surface area contributed by atoms with Crippen LogP contribution in [0, 0.1) is 0 Å². The Kier molecular flexibility index (Phi) is 23.9. The van der Waals surface area contributed by atoms with Crippen LogP contribution in [0.15, 0.2) is 48.6 Å². The second-order valence-corrected chi connectivity index (χ2v) is 8.39. The summed E-state index contributed by atoms with van der Waals surface area (Å²) in [5, 5.41) is 9.27. The van der Waals surface area contributed by atoms with Crippen LogP contribution in [-0.4, -0.2) is 36.4 Å². The molecule has 0 radical (unpaired) electrons. The van der Waals surface area contributed by atoms with Crippen LogP contribution in [0.1, 0.15) is 104 Å². The second kappa shape index (κ2) is 25.5. The van der Waals surface area contributed by atoms with Crippen molar-refractivity contribution in [1.82, 2.24) is 0 Å². The van der Waals surface area contributed by atoms with Crippen molar-refractivity contribution in [1.29, 1.82) is 0 Å². The summed E-state index contributed by atoms with van der Waals surface area (Å²) >= 11 is 0. The first-order valence-electron chi connectivity index (χ1n) is 13.2. The fraction of sp³-hybridized carbons (Fsp3) is 0.655. The first-order valence-corrected chi connectivity index (χ1v) is 13.2. The predicted molar refractivity (Wildman–Crippen MR) is 140 cm³/mol. The van der Waals surface area contributed by atoms with Crippen molar-refractivity contribution in [2.24, 2.45) is 0 Å². The highest BCUT2D eigenvalue weighted by atomic mass is 16.6. The summed E-state index contributed by atoms with van der Waals surface area (Å²) in [7, 11) is 0. The number of allylic oxidation sites excluding steroid dienone is 8. The van der Waals surface area contributed by atoms with Gasteiger partial charge in [-0.15, -0.1) is 0 Å². The van der Waals surface area contributed by atoms with Crippen molar-refractivity contribution in [3.63, 3.8) is 0 Å². The fourth-order valence-corrected chi connectivity index (χ4v) is 3.17. The van der Waals surface area contributed by atoms with Crippen LogP contribution < -0.4 is 0 Å². The summed E-state index contributed by atoms with van der Waals surface area (Å²) in [6, 6.07) is 0. The van der Waals surface area contributed by atoms with Crippen LogP contribution in [0.2, 0.25) is 0 Å². The Morgan fingerprint density at radius 1 is 0.706 bits per heavy atom. The predicted octanol–water partition coefficient (Wildman–Crippen LogP) is 7.16. The molecule has 0 amide bonds. The SMILES string of the molecule is CC/C=C\C/C=C\C/C=C\C/C=C\CCCCCCCCC(=O)OC(CO)COC(=O)CCC. The molecule has 0 bridgehead atoms. The molecule has 0 spiro atoms. The van der Waals surface area contributed by atoms with E-state index in [1.165, 1.54) is 19.3 Å². The third-order valence-electron chi connectivity index (χ3n) is 5.11. The lowest BCUT2D eigenvalue weighted by Gasteiger charge is -2.15. The largest absolute Gasteiger partial charge is 0.462 e. The summed E-state index contributed by atoms with van der Waals surface area (Å²) in [4.78, 5) is 23.2. The molecule has 1 atom stereocenters. The van der Waals surface area contributed by atoms with Gasteiger partial charge >= 0.3 is 11.9 Å². The van der Waals surface area contributed by atoms with Gasteiger partial charge in [0.05, 0.1) is 6.61 Å². The summed E-state index contributed by atoms with van der Waals surface area (Å²) < 4.78 is 10.2. The zero-order valence-electron chi connectivity index (χ0n) is 21.6. The van der Waals surface area contributed by atoms with Crippen LogP contribution in [-0.2, 0) is 19.1 Å². The Morgan fingerprint density at radius 2 is 1.26 bits per heavy atom. The average molecular weight is 477 g/mol. The van der Waals surface area contributed by atoms with Gasteiger partial charge in [0.15, 0.2) is 6.10 Å². The van der Waals surface area contributed by atoms with Crippen LogP contribution in [0.5, 0.6) is 0 Å². The van der Waals surface area contributed by atoms with Crippen molar-refractivity contribution in [3.8, 4) is 0 Å². The van der Waals surface area contributed by atoms with Gasteiger partial charge in [-0.1, -0.05) is 88.1 Å². The van der Waals surface area contributed by atoms with Gasteiger partial charge in [0.2, 0.25) is 0 Å². The standard InChI is InChI=1S/C29H48O5/c1-3-5-6-7-8-9-10-11-12-13-14-15-16-17-18-19-20-21-22-24-29(32)34-27(25-30)26-33-28(31)23-4-2/h5-6,8-9,11-12,14-15,27,30H,3-4,7,10,13,16-26H2,1-2H3/b6-5-,9-8-,12-11-,15-14-. The Morgan fingerprint density at radius 3 is 1.85 bits per heavy atom. The van der Waals surface area contributed by atoms with E-state index in [9.17, 15) is 14.7 Å². The maximum atomic E-state index is 11.9. The van der Waals surface area contributed by atoms with Crippen LogP contribution in [0.4, 0.5) is 0 Å². The molecule has 1 N–H and O–H groups in total. The number of aliphatic hydroxyl groups excluding tert-OH is 1. The minimum atomic E-state index is -0.772. The van der Waals surface area contributed by atoms with Crippen molar-refractivity contribution in [2.75, 3.05) is 13.2 Å². The van der Waals surface area contributed by atoms with Crippen LogP contribution in [0.3, 0.4) is 0 Å². The molecule has 0 saturated carbocycles. The van der Waals surface area contributed by atoms with Gasteiger partial charge in [-0.25, -0.2) is 0 Å². The Labute approximate surface area is 208 Å². The van der Waals surface area contributed by atoms with E-state index < -0.39 is 6.10 Å². The van der Waals surface area contributed by atoms with E-state index >= 15 is 0 Å². The number of ether oxygens (including phenoxy) is 2. The van der Waals surface area contributed by atoms with Crippen LogP contribution >= 0.6 is 0 Å². The number of carbonyl (C=O) groups excluding carboxylic acids is 2. The highest BCUT2D eigenvalue weighted by Crippen LogP contribution is 2.10. The van der Waals surface area contributed by atoms with Crippen LogP contribution in [0.25, 0.3) is 0 Å². The van der Waals surface area contributed by atoms with Crippen molar-refractivity contribution in [2.45, 2.75) is 110 Å². The molecule has 0 aromatic heterocycles. The van der Waals surface area contributed by atoms with Crippen molar-refractivity contribution in [3.05, 3.63) is 48.6 Å². The molecule has 5 nitrogen and oxygen atoms in total. The van der Waals surface area contributed by atoms with Crippen molar-refractivity contribution >= 4 is 11.9 Å². The normalized spacial score (nSPS) is 12.9. The molecule has 0 fully saturated rings. The smallest absolute Gasteiger partial charge is 0.306 e. The Bertz CT molecular complexity index is 604. The highest BCUT2D eigenvalue weighted by molar-refractivity contribution is 5.70. The van der Waals surface area contributed by atoms with E-state index in [4.69, 9.17) is 9.47 Å². The summed E-state index contributed by atoms with van der Waals surface area (Å²) in [6.07, 6.45) is 30.1. The van der Waals surface area contributed by atoms with E-state index in [0.29, 0.717) is 19.3 Å². The number of unbranched alkanes of at least 4 members (excludes halogenated alkanes) is 6. The van der Waals surface area contributed by atoms with Gasteiger partial charge in [-0.3, -0.25) is 9.59 Å². The van der Waals surface area contributed by atoms with E-state index in [1.807, 2.05) is 6.92 Å². The highest BCUT2D eigenvalue weighted by Gasteiger charge is 2.15. The Balaban J connectivity index is 3.56. The van der Waals surface area contributed by atoms with E-state index in [2.05, 4.69) is 55.5 Å². The van der Waals surface area contributed by atoms with Gasteiger partial charge < -0.3 is 14.6 Å². The van der Waals surface area contributed by atoms with Gasteiger partial charge in [-0.05, 0) is 51.4 Å². The summed E-state index contributed by atoms with van der Waals surface area (Å²) in [5.41, 5.74) is 0. The zero-order chi connectivity index (χ0) is 25.1. The second-order valence-electron chi connectivity index (χ2n) is 8.39. The molecule has 0 aromatic rings. The summed E-state index contributed by atoms with van der Waals surface area (Å²) in [6.45, 7) is 3.61. The minimum absolute atomic E-state index is 0.0830. The van der Waals surface area contributed by atoms with Gasteiger partial charge in [-0.2, -0.15) is 0 Å². The number of aliphatic hydroxyl groups is 1. The molecule has 194 valence electrons. The average Bonchev–Trinajstić information content (AvgIpc) is 2.83. The quantitative estimate of drug-likeness (QED) is 0.102. The fourth-order valence-electron chi connectivity index (χ4n) is 3.17. The van der Waals surface area contributed by atoms with Gasteiger partial charge in [0, 0.05) is 12.8 Å². The summed E-state index contributed by atoms with van der Waals surface area (Å²) in [5.74, 6) is -0.677. The number of hydrogen-bond acceptors (Lipinski definition) is 5. The maximum absolute atomic E-state index is 11.9. The molecule has 0 rings (SSSR count). The monoisotopic (exact) mass is 476 g/mol. The zero-order valence-corrected chi connectivity index (χ0v) is 21.6. The molecule has 0 aromatic carbocycles. The third kappa shape index (κ3) is 23.0.